The number of halogens is 1. The highest BCUT2D eigenvalue weighted by atomic mass is 35.5. The molecule has 1 fully saturated rings. The number of carbonyl (C=O) groups is 2. The number of anilines is 2. The molecule has 4 rings (SSSR count). The van der Waals surface area contributed by atoms with Crippen molar-refractivity contribution in [3.63, 3.8) is 0 Å². The first kappa shape index (κ1) is 21.0. The number of rotatable bonds is 5. The van der Waals surface area contributed by atoms with Gasteiger partial charge in [0.2, 0.25) is 0 Å². The highest BCUT2D eigenvalue weighted by Crippen LogP contribution is 2.24. The molecular weight excluding hydrogens is 434 g/mol. The summed E-state index contributed by atoms with van der Waals surface area (Å²) in [5, 5.41) is 16.0. The fourth-order valence-corrected chi connectivity index (χ4v) is 4.16. The van der Waals surface area contributed by atoms with Crippen LogP contribution in [0.1, 0.15) is 38.4 Å². The fourth-order valence-electron chi connectivity index (χ4n) is 3.30. The van der Waals surface area contributed by atoms with Crippen LogP contribution in [0, 0.1) is 5.41 Å². The number of nitrogens with one attached hydrogen (secondary N) is 3. The van der Waals surface area contributed by atoms with Crippen molar-refractivity contribution >= 4 is 52.1 Å². The van der Waals surface area contributed by atoms with Crippen molar-refractivity contribution in [3.05, 3.63) is 75.1 Å². The van der Waals surface area contributed by atoms with Gasteiger partial charge < -0.3 is 15.5 Å². The van der Waals surface area contributed by atoms with Crippen LogP contribution in [0.5, 0.6) is 0 Å². The van der Waals surface area contributed by atoms with Gasteiger partial charge in [0.1, 0.15) is 16.5 Å². The molecule has 158 valence electrons. The average molecular weight is 454 g/mol. The predicted molar refractivity (Wildman–Crippen MR) is 124 cm³/mol. The van der Waals surface area contributed by atoms with Gasteiger partial charge in [-0.3, -0.25) is 15.0 Å². The summed E-state index contributed by atoms with van der Waals surface area (Å²) < 4.78 is 0. The van der Waals surface area contributed by atoms with Gasteiger partial charge in [0.15, 0.2) is 0 Å². The van der Waals surface area contributed by atoms with Crippen molar-refractivity contribution in [3.8, 4) is 0 Å². The summed E-state index contributed by atoms with van der Waals surface area (Å²) >= 11 is 7.04. The summed E-state index contributed by atoms with van der Waals surface area (Å²) in [5.41, 5.74) is 1.66. The Balaban J connectivity index is 1.42. The molecule has 0 spiro atoms. The van der Waals surface area contributed by atoms with E-state index in [2.05, 4.69) is 15.6 Å². The molecule has 2 aromatic heterocycles. The molecule has 3 aromatic rings. The minimum Gasteiger partial charge on any atom is -0.357 e. The highest BCUT2D eigenvalue weighted by Gasteiger charge is 2.18. The fraction of sp³-hybridized carbons (Fsp3) is 0.182. The van der Waals surface area contributed by atoms with E-state index in [1.54, 1.807) is 47.8 Å². The van der Waals surface area contributed by atoms with Crippen molar-refractivity contribution in [1.29, 1.82) is 5.41 Å². The first-order valence-electron chi connectivity index (χ1n) is 9.77. The van der Waals surface area contributed by atoms with E-state index in [1.165, 1.54) is 17.5 Å². The van der Waals surface area contributed by atoms with E-state index in [9.17, 15) is 9.59 Å². The Labute approximate surface area is 188 Å². The van der Waals surface area contributed by atoms with E-state index in [-0.39, 0.29) is 11.8 Å². The number of likely N-dealkylation sites (tertiary alicyclic amines) is 1. The number of carbonyl (C=O) groups excluding carboxylic acids is 2. The van der Waals surface area contributed by atoms with Crippen LogP contribution in [0.4, 0.5) is 11.5 Å². The minimum absolute atomic E-state index is 0.323. The van der Waals surface area contributed by atoms with E-state index in [0.29, 0.717) is 32.8 Å². The summed E-state index contributed by atoms with van der Waals surface area (Å²) in [6, 6.07) is 11.9. The lowest BCUT2D eigenvalue weighted by Crippen LogP contribution is -2.27. The number of benzene rings is 1. The van der Waals surface area contributed by atoms with Gasteiger partial charge in [0.05, 0.1) is 10.7 Å². The zero-order valence-corrected chi connectivity index (χ0v) is 18.1. The molecular formula is C22H20ClN5O2S. The first-order valence-corrected chi connectivity index (χ1v) is 11.0. The first-order chi connectivity index (χ1) is 15.0. The monoisotopic (exact) mass is 453 g/mol. The number of hydrogen-bond donors (Lipinski definition) is 3. The third kappa shape index (κ3) is 4.92. The SMILES string of the molecule is N=C(c1ccc(C(=O)Nc2ccsc2C(=O)Nc2ccc(Cl)cn2)cc1)N1CCCC1. The Morgan fingerprint density at radius 1 is 0.968 bits per heavy atom. The molecule has 1 saturated heterocycles. The molecule has 0 saturated carbocycles. The van der Waals surface area contributed by atoms with Crippen molar-refractivity contribution in [1.82, 2.24) is 9.88 Å². The largest absolute Gasteiger partial charge is 0.357 e. The Kier molecular flexibility index (Phi) is 6.29. The van der Waals surface area contributed by atoms with Gasteiger partial charge in [-0.1, -0.05) is 23.7 Å². The molecule has 1 aromatic carbocycles. The second-order valence-electron chi connectivity index (χ2n) is 7.05. The number of amides is 2. The summed E-state index contributed by atoms with van der Waals surface area (Å²) in [4.78, 5) is 31.7. The minimum atomic E-state index is -0.366. The quantitative estimate of drug-likeness (QED) is 0.384. The smallest absolute Gasteiger partial charge is 0.269 e. The third-order valence-corrected chi connectivity index (χ3v) is 6.07. The van der Waals surface area contributed by atoms with Gasteiger partial charge in [-0.25, -0.2) is 4.98 Å². The van der Waals surface area contributed by atoms with Crippen LogP contribution in [0.15, 0.2) is 54.0 Å². The van der Waals surface area contributed by atoms with Gasteiger partial charge in [-0.05, 0) is 48.6 Å². The molecule has 3 heterocycles. The Bertz CT molecular complexity index is 1110. The van der Waals surface area contributed by atoms with Crippen LogP contribution in [-0.4, -0.2) is 40.6 Å². The van der Waals surface area contributed by atoms with Crippen LogP contribution >= 0.6 is 22.9 Å². The van der Waals surface area contributed by atoms with Crippen LogP contribution < -0.4 is 10.6 Å². The molecule has 1 aliphatic heterocycles. The van der Waals surface area contributed by atoms with Gasteiger partial charge in [-0.2, -0.15) is 0 Å². The molecule has 0 aliphatic carbocycles. The topological polar surface area (TPSA) is 98.2 Å². The number of pyridine rings is 1. The second kappa shape index (κ2) is 9.28. The van der Waals surface area contributed by atoms with Crippen molar-refractivity contribution in [2.45, 2.75) is 12.8 Å². The normalized spacial score (nSPS) is 13.1. The molecule has 2 amide bonds. The van der Waals surface area contributed by atoms with E-state index in [0.717, 1.165) is 31.5 Å². The Morgan fingerprint density at radius 3 is 2.35 bits per heavy atom. The van der Waals surface area contributed by atoms with Gasteiger partial charge in [0.25, 0.3) is 11.8 Å². The molecule has 0 atom stereocenters. The molecule has 1 aliphatic rings. The van der Waals surface area contributed by atoms with E-state index in [1.807, 2.05) is 4.90 Å². The third-order valence-electron chi connectivity index (χ3n) is 4.93. The lowest BCUT2D eigenvalue weighted by molar-refractivity contribution is 0.102. The highest BCUT2D eigenvalue weighted by molar-refractivity contribution is 7.12. The van der Waals surface area contributed by atoms with E-state index < -0.39 is 0 Å². The van der Waals surface area contributed by atoms with E-state index >= 15 is 0 Å². The second-order valence-corrected chi connectivity index (χ2v) is 8.41. The summed E-state index contributed by atoms with van der Waals surface area (Å²) in [7, 11) is 0. The maximum absolute atomic E-state index is 12.7. The summed E-state index contributed by atoms with van der Waals surface area (Å²) in [5.74, 6) is 0.166. The molecule has 0 unspecified atom stereocenters. The van der Waals surface area contributed by atoms with Crippen LogP contribution in [0.2, 0.25) is 5.02 Å². The number of aromatic nitrogens is 1. The van der Waals surface area contributed by atoms with Crippen molar-refractivity contribution in [2.75, 3.05) is 23.7 Å². The van der Waals surface area contributed by atoms with Gasteiger partial charge >= 0.3 is 0 Å². The standard InChI is InChI=1S/C22H20ClN5O2S/c23-16-7-8-18(25-13-16)27-22(30)19-17(9-12-31-19)26-21(29)15-5-3-14(4-6-15)20(24)28-10-1-2-11-28/h3-9,12-13,24H,1-2,10-11H2,(H,26,29)(H,25,27,30). The van der Waals surface area contributed by atoms with Crippen molar-refractivity contribution in [2.24, 2.45) is 0 Å². The van der Waals surface area contributed by atoms with Gasteiger partial charge in [0, 0.05) is 30.4 Å². The molecule has 3 N–H and O–H groups in total. The maximum atomic E-state index is 12.7. The number of nitrogens with zero attached hydrogens (tertiary/aromatic N) is 2. The van der Waals surface area contributed by atoms with Crippen LogP contribution in [0.25, 0.3) is 0 Å². The lowest BCUT2D eigenvalue weighted by atomic mass is 10.1. The number of amidine groups is 1. The molecule has 0 radical (unpaired) electrons. The Morgan fingerprint density at radius 2 is 1.68 bits per heavy atom. The summed E-state index contributed by atoms with van der Waals surface area (Å²) in [6.07, 6.45) is 3.66. The molecule has 9 heteroatoms. The zero-order valence-electron chi connectivity index (χ0n) is 16.5. The lowest BCUT2D eigenvalue weighted by Gasteiger charge is -2.18. The number of thiophene rings is 1. The average Bonchev–Trinajstić information content (AvgIpc) is 3.47. The maximum Gasteiger partial charge on any atom is 0.269 e. The number of hydrogen-bond acceptors (Lipinski definition) is 5. The molecule has 0 bridgehead atoms. The predicted octanol–water partition coefficient (Wildman–Crippen LogP) is 4.72. The van der Waals surface area contributed by atoms with Crippen LogP contribution in [0.3, 0.4) is 0 Å². The molecule has 31 heavy (non-hydrogen) atoms. The van der Waals surface area contributed by atoms with Crippen LogP contribution in [-0.2, 0) is 0 Å². The zero-order chi connectivity index (χ0) is 21.8. The Hall–Kier alpha value is -3.23. The summed E-state index contributed by atoms with van der Waals surface area (Å²) in [6.45, 7) is 1.80. The van der Waals surface area contributed by atoms with E-state index in [4.69, 9.17) is 17.0 Å². The molecule has 7 nitrogen and oxygen atoms in total. The van der Waals surface area contributed by atoms with Gasteiger partial charge in [-0.15, -0.1) is 11.3 Å². The van der Waals surface area contributed by atoms with Crippen molar-refractivity contribution < 1.29 is 9.59 Å².